The van der Waals surface area contributed by atoms with E-state index >= 15 is 0 Å². The molecule has 0 spiro atoms. The van der Waals surface area contributed by atoms with E-state index < -0.39 is 0 Å². The third-order valence-corrected chi connectivity index (χ3v) is 4.87. The zero-order valence-corrected chi connectivity index (χ0v) is 15.2. The number of carbonyl (C=O) groups is 1. The first-order valence-corrected chi connectivity index (χ1v) is 9.08. The third-order valence-electron chi connectivity index (χ3n) is 3.99. The highest BCUT2D eigenvalue weighted by Crippen LogP contribution is 2.23. The summed E-state index contributed by atoms with van der Waals surface area (Å²) in [5.74, 6) is 0.843. The van der Waals surface area contributed by atoms with Gasteiger partial charge in [-0.15, -0.1) is 11.3 Å². The Morgan fingerprint density at radius 2 is 2.12 bits per heavy atom. The van der Waals surface area contributed by atoms with Gasteiger partial charge >= 0.3 is 0 Å². The van der Waals surface area contributed by atoms with Crippen LogP contribution in [-0.2, 0) is 11.2 Å². The second kappa shape index (κ2) is 6.72. The molecule has 3 heterocycles. The minimum absolute atomic E-state index is 0.108. The van der Waals surface area contributed by atoms with Crippen molar-refractivity contribution >= 4 is 22.2 Å². The Morgan fingerprint density at radius 3 is 2.85 bits per heavy atom. The number of benzene rings is 1. The van der Waals surface area contributed by atoms with Crippen molar-refractivity contribution in [2.75, 3.05) is 0 Å². The zero-order valence-electron chi connectivity index (χ0n) is 14.3. The molecule has 0 fully saturated rings. The first-order chi connectivity index (χ1) is 12.6. The Morgan fingerprint density at radius 1 is 1.31 bits per heavy atom. The van der Waals surface area contributed by atoms with Crippen LogP contribution in [-0.4, -0.2) is 25.4 Å². The summed E-state index contributed by atoms with van der Waals surface area (Å²) >= 11 is 1.52. The minimum Gasteiger partial charge on any atom is -0.344 e. The SMILES string of the molecule is Cc1noc(C(C)NC(=O)Cc2csc3nc(-c4ccccc4)cn23)n1. The van der Waals surface area contributed by atoms with Gasteiger partial charge in [-0.1, -0.05) is 35.5 Å². The lowest BCUT2D eigenvalue weighted by Gasteiger charge is -2.09. The van der Waals surface area contributed by atoms with Crippen molar-refractivity contribution in [2.24, 2.45) is 0 Å². The van der Waals surface area contributed by atoms with Crippen LogP contribution in [0.15, 0.2) is 46.4 Å². The van der Waals surface area contributed by atoms with Crippen molar-refractivity contribution in [2.45, 2.75) is 26.3 Å². The van der Waals surface area contributed by atoms with E-state index in [-0.39, 0.29) is 18.4 Å². The van der Waals surface area contributed by atoms with Gasteiger partial charge in [0, 0.05) is 22.8 Å². The summed E-state index contributed by atoms with van der Waals surface area (Å²) in [7, 11) is 0. The third kappa shape index (κ3) is 3.23. The van der Waals surface area contributed by atoms with Crippen molar-refractivity contribution in [1.29, 1.82) is 0 Å². The molecular weight excluding hydrogens is 350 g/mol. The Hall–Kier alpha value is -3.00. The topological polar surface area (TPSA) is 85.3 Å². The van der Waals surface area contributed by atoms with Gasteiger partial charge in [-0.05, 0) is 13.8 Å². The number of rotatable bonds is 5. The summed E-state index contributed by atoms with van der Waals surface area (Å²) < 4.78 is 7.06. The molecule has 8 heteroatoms. The van der Waals surface area contributed by atoms with E-state index in [2.05, 4.69) is 20.4 Å². The second-order valence-corrected chi connectivity index (χ2v) is 6.85. The molecule has 1 amide bonds. The first-order valence-electron chi connectivity index (χ1n) is 8.20. The summed E-state index contributed by atoms with van der Waals surface area (Å²) in [6.45, 7) is 3.56. The van der Waals surface area contributed by atoms with Gasteiger partial charge in [0.05, 0.1) is 12.1 Å². The monoisotopic (exact) mass is 367 g/mol. The van der Waals surface area contributed by atoms with Gasteiger partial charge in [0.25, 0.3) is 0 Å². The molecule has 1 unspecified atom stereocenters. The number of fused-ring (bicyclic) bond motifs is 1. The van der Waals surface area contributed by atoms with Gasteiger partial charge in [0.2, 0.25) is 11.8 Å². The number of nitrogens with one attached hydrogen (secondary N) is 1. The standard InChI is InChI=1S/C18H17N5O2S/c1-11(17-20-12(2)22-25-17)19-16(24)8-14-10-26-18-21-15(9-23(14)18)13-6-4-3-5-7-13/h3-7,9-11H,8H2,1-2H3,(H,19,24). The Kier molecular flexibility index (Phi) is 4.26. The fraction of sp³-hybridized carbons (Fsp3) is 0.222. The molecule has 3 aromatic heterocycles. The molecule has 1 aromatic carbocycles. The Balaban J connectivity index is 1.50. The zero-order chi connectivity index (χ0) is 18.1. The van der Waals surface area contributed by atoms with Crippen molar-refractivity contribution in [3.05, 3.63) is 59.3 Å². The van der Waals surface area contributed by atoms with Crippen LogP contribution in [0.3, 0.4) is 0 Å². The number of aryl methyl sites for hydroxylation is 1. The number of aromatic nitrogens is 4. The normalized spacial score (nSPS) is 12.4. The predicted octanol–water partition coefficient (Wildman–Crippen LogP) is 3.17. The molecule has 0 aliphatic carbocycles. The lowest BCUT2D eigenvalue weighted by molar-refractivity contribution is -0.121. The summed E-state index contributed by atoms with van der Waals surface area (Å²) in [6, 6.07) is 9.65. The fourth-order valence-electron chi connectivity index (χ4n) is 2.71. The maximum absolute atomic E-state index is 12.4. The largest absolute Gasteiger partial charge is 0.344 e. The number of amides is 1. The molecular formula is C18H17N5O2S. The van der Waals surface area contributed by atoms with Crippen molar-refractivity contribution in [3.63, 3.8) is 0 Å². The van der Waals surface area contributed by atoms with Crippen LogP contribution in [0.1, 0.15) is 30.4 Å². The van der Waals surface area contributed by atoms with Gasteiger partial charge in [-0.2, -0.15) is 4.98 Å². The number of hydrogen-bond donors (Lipinski definition) is 1. The van der Waals surface area contributed by atoms with Gasteiger partial charge in [-0.25, -0.2) is 4.98 Å². The average molecular weight is 367 g/mol. The van der Waals surface area contributed by atoms with Crippen molar-refractivity contribution in [3.8, 4) is 11.3 Å². The van der Waals surface area contributed by atoms with Crippen LogP contribution < -0.4 is 5.32 Å². The van der Waals surface area contributed by atoms with Crippen LogP contribution in [0, 0.1) is 6.92 Å². The number of carbonyl (C=O) groups excluding carboxylic acids is 1. The lowest BCUT2D eigenvalue weighted by Crippen LogP contribution is -2.28. The van der Waals surface area contributed by atoms with Crippen LogP contribution in [0.5, 0.6) is 0 Å². The fourth-order valence-corrected chi connectivity index (χ4v) is 3.59. The molecule has 132 valence electrons. The summed E-state index contributed by atoms with van der Waals surface area (Å²) in [5, 5.41) is 8.59. The second-order valence-electron chi connectivity index (χ2n) is 6.02. The van der Waals surface area contributed by atoms with Crippen LogP contribution >= 0.6 is 11.3 Å². The average Bonchev–Trinajstić information content (AvgIpc) is 3.33. The first kappa shape index (κ1) is 16.5. The van der Waals surface area contributed by atoms with Crippen LogP contribution in [0.4, 0.5) is 0 Å². The summed E-state index contributed by atoms with van der Waals surface area (Å²) in [4.78, 5) is 22.0. The summed E-state index contributed by atoms with van der Waals surface area (Å²) in [5.41, 5.74) is 2.85. The molecule has 4 aromatic rings. The molecule has 1 atom stereocenters. The highest BCUT2D eigenvalue weighted by atomic mass is 32.1. The molecule has 0 saturated carbocycles. The van der Waals surface area contributed by atoms with Crippen LogP contribution in [0.2, 0.25) is 0 Å². The van der Waals surface area contributed by atoms with Crippen molar-refractivity contribution in [1.82, 2.24) is 24.8 Å². The van der Waals surface area contributed by atoms with Gasteiger partial charge < -0.3 is 9.84 Å². The van der Waals surface area contributed by atoms with Gasteiger partial charge in [0.15, 0.2) is 10.8 Å². The highest BCUT2D eigenvalue weighted by Gasteiger charge is 2.17. The molecule has 0 bridgehead atoms. The Labute approximate surface area is 153 Å². The lowest BCUT2D eigenvalue weighted by atomic mass is 10.2. The minimum atomic E-state index is -0.333. The molecule has 7 nitrogen and oxygen atoms in total. The van der Waals surface area contributed by atoms with E-state index in [1.54, 1.807) is 6.92 Å². The molecule has 0 aliphatic heterocycles. The van der Waals surface area contributed by atoms with E-state index in [0.717, 1.165) is 21.9 Å². The highest BCUT2D eigenvalue weighted by molar-refractivity contribution is 7.15. The van der Waals surface area contributed by atoms with E-state index in [1.807, 2.05) is 53.2 Å². The molecule has 26 heavy (non-hydrogen) atoms. The predicted molar refractivity (Wildman–Crippen MR) is 97.8 cm³/mol. The molecule has 0 radical (unpaired) electrons. The number of hydrogen-bond acceptors (Lipinski definition) is 6. The van der Waals surface area contributed by atoms with Crippen molar-refractivity contribution < 1.29 is 9.32 Å². The number of imidazole rings is 1. The van der Waals surface area contributed by atoms with Gasteiger partial charge in [-0.3, -0.25) is 9.20 Å². The number of thiazole rings is 1. The quantitative estimate of drug-likeness (QED) is 0.585. The maximum atomic E-state index is 12.4. The number of nitrogens with zero attached hydrogens (tertiary/aromatic N) is 4. The molecule has 0 saturated heterocycles. The van der Waals surface area contributed by atoms with E-state index in [0.29, 0.717) is 11.7 Å². The van der Waals surface area contributed by atoms with Crippen LogP contribution in [0.25, 0.3) is 16.2 Å². The smallest absolute Gasteiger partial charge is 0.248 e. The Bertz CT molecular complexity index is 1050. The summed E-state index contributed by atoms with van der Waals surface area (Å²) in [6.07, 6.45) is 2.22. The van der Waals surface area contributed by atoms with E-state index in [4.69, 9.17) is 4.52 Å². The van der Waals surface area contributed by atoms with E-state index in [9.17, 15) is 4.79 Å². The van der Waals surface area contributed by atoms with E-state index in [1.165, 1.54) is 11.3 Å². The maximum Gasteiger partial charge on any atom is 0.248 e. The van der Waals surface area contributed by atoms with Gasteiger partial charge in [0.1, 0.15) is 6.04 Å². The molecule has 4 rings (SSSR count). The molecule has 1 N–H and O–H groups in total. The molecule has 0 aliphatic rings.